The normalized spacial score (nSPS) is 17.9. The lowest BCUT2D eigenvalue weighted by Gasteiger charge is -2.12. The fourth-order valence-corrected chi connectivity index (χ4v) is 2.66. The van der Waals surface area contributed by atoms with Gasteiger partial charge in [0.2, 0.25) is 0 Å². The number of hydrogen-bond acceptors (Lipinski definition) is 3. The molecule has 0 unspecified atom stereocenters. The first-order valence-electron chi connectivity index (χ1n) is 5.45. The Bertz CT molecular complexity index is 530. The second-order valence-corrected chi connectivity index (χ2v) is 4.77. The van der Waals surface area contributed by atoms with E-state index >= 15 is 0 Å². The molecule has 3 rings (SSSR count). The van der Waals surface area contributed by atoms with Crippen molar-refractivity contribution in [3.63, 3.8) is 0 Å². The maximum atomic E-state index is 6.14. The van der Waals surface area contributed by atoms with E-state index in [-0.39, 0.29) is 5.41 Å². The highest BCUT2D eigenvalue weighted by Crippen LogP contribution is 2.53. The zero-order valence-electron chi connectivity index (χ0n) is 8.83. The molecule has 0 saturated heterocycles. The van der Waals surface area contributed by atoms with Gasteiger partial charge in [0.1, 0.15) is 17.1 Å². The molecule has 84 valence electrons. The predicted octanol–water partition coefficient (Wildman–Crippen LogP) is 1.99. The van der Waals surface area contributed by atoms with Crippen LogP contribution >= 0.6 is 11.6 Å². The summed E-state index contributed by atoms with van der Waals surface area (Å²) in [5, 5.41) is 1.50. The summed E-state index contributed by atoms with van der Waals surface area (Å²) in [5.74, 6) is 0. The van der Waals surface area contributed by atoms with Crippen molar-refractivity contribution >= 4 is 22.6 Å². The third-order valence-electron chi connectivity index (χ3n) is 3.47. The van der Waals surface area contributed by atoms with E-state index in [4.69, 9.17) is 17.3 Å². The topological polar surface area (TPSA) is 67.6 Å². The van der Waals surface area contributed by atoms with Gasteiger partial charge in [-0.1, -0.05) is 11.6 Å². The van der Waals surface area contributed by atoms with Crippen molar-refractivity contribution in [3.05, 3.63) is 23.2 Å². The summed E-state index contributed by atoms with van der Waals surface area (Å²) in [6.07, 6.45) is 6.86. The van der Waals surface area contributed by atoms with Gasteiger partial charge in [0.05, 0.1) is 5.39 Å². The molecule has 1 aliphatic carbocycles. The quantitative estimate of drug-likeness (QED) is 0.801. The van der Waals surface area contributed by atoms with Gasteiger partial charge in [-0.25, -0.2) is 9.97 Å². The molecule has 2 aromatic rings. The average molecular weight is 237 g/mol. The van der Waals surface area contributed by atoms with E-state index in [9.17, 15) is 0 Å². The van der Waals surface area contributed by atoms with Gasteiger partial charge in [0, 0.05) is 6.20 Å². The van der Waals surface area contributed by atoms with Gasteiger partial charge >= 0.3 is 0 Å². The van der Waals surface area contributed by atoms with Crippen molar-refractivity contribution in [2.24, 2.45) is 5.73 Å². The molecular weight excluding hydrogens is 224 g/mol. The molecule has 1 saturated carbocycles. The summed E-state index contributed by atoms with van der Waals surface area (Å²) >= 11 is 6.14. The SMILES string of the molecule is NCCC1(c2c[nH]c3ncnc(Cl)c23)CC1. The Labute approximate surface area is 98.2 Å². The minimum absolute atomic E-state index is 0.224. The Morgan fingerprint density at radius 1 is 1.44 bits per heavy atom. The second-order valence-electron chi connectivity index (χ2n) is 4.41. The third-order valence-corrected chi connectivity index (χ3v) is 3.76. The first kappa shape index (κ1) is 10.1. The summed E-state index contributed by atoms with van der Waals surface area (Å²) in [5.41, 5.74) is 7.94. The minimum Gasteiger partial charge on any atom is -0.346 e. The molecule has 1 aliphatic rings. The smallest absolute Gasteiger partial charge is 0.142 e. The average Bonchev–Trinajstić information content (AvgIpc) is 2.91. The lowest BCUT2D eigenvalue weighted by Crippen LogP contribution is -2.13. The van der Waals surface area contributed by atoms with E-state index in [1.165, 1.54) is 24.7 Å². The zero-order chi connectivity index (χ0) is 11.2. The number of aromatic nitrogens is 3. The molecule has 2 heterocycles. The van der Waals surface area contributed by atoms with Crippen LogP contribution in [0.2, 0.25) is 5.15 Å². The van der Waals surface area contributed by atoms with E-state index in [1.54, 1.807) is 0 Å². The van der Waals surface area contributed by atoms with Crippen LogP contribution in [0.25, 0.3) is 11.0 Å². The maximum Gasteiger partial charge on any atom is 0.142 e. The highest BCUT2D eigenvalue weighted by Gasteiger charge is 2.45. The van der Waals surface area contributed by atoms with E-state index in [1.807, 2.05) is 6.20 Å². The lowest BCUT2D eigenvalue weighted by atomic mass is 9.93. The van der Waals surface area contributed by atoms with E-state index in [2.05, 4.69) is 15.0 Å². The Hall–Kier alpha value is -1.13. The molecule has 0 spiro atoms. The molecule has 3 N–H and O–H groups in total. The molecule has 0 bridgehead atoms. The number of nitrogens with two attached hydrogens (primary N) is 1. The molecule has 4 nitrogen and oxygen atoms in total. The van der Waals surface area contributed by atoms with Gasteiger partial charge in [-0.15, -0.1) is 0 Å². The highest BCUT2D eigenvalue weighted by molar-refractivity contribution is 6.34. The fraction of sp³-hybridized carbons (Fsp3) is 0.455. The van der Waals surface area contributed by atoms with E-state index < -0.39 is 0 Å². The van der Waals surface area contributed by atoms with Crippen molar-refractivity contribution in [1.82, 2.24) is 15.0 Å². The standard InChI is InChI=1S/C11H13ClN4/c12-9-8-7(11(1-2-11)3-4-13)5-14-10(8)16-6-15-9/h5-6H,1-4,13H2,(H,14,15,16). The number of halogens is 1. The van der Waals surface area contributed by atoms with Crippen LogP contribution in [0.1, 0.15) is 24.8 Å². The van der Waals surface area contributed by atoms with Gasteiger partial charge < -0.3 is 10.7 Å². The number of fused-ring (bicyclic) bond motifs is 1. The molecule has 0 amide bonds. The van der Waals surface area contributed by atoms with Crippen molar-refractivity contribution in [1.29, 1.82) is 0 Å². The van der Waals surface area contributed by atoms with Crippen LogP contribution < -0.4 is 5.73 Å². The largest absolute Gasteiger partial charge is 0.346 e. The number of nitrogens with zero attached hydrogens (tertiary/aromatic N) is 2. The minimum atomic E-state index is 0.224. The first-order valence-corrected chi connectivity index (χ1v) is 5.83. The van der Waals surface area contributed by atoms with Crippen molar-refractivity contribution in [2.45, 2.75) is 24.7 Å². The van der Waals surface area contributed by atoms with Crippen LogP contribution in [0, 0.1) is 0 Å². The third kappa shape index (κ3) is 1.33. The first-order chi connectivity index (χ1) is 7.77. The number of rotatable bonds is 3. The predicted molar refractivity (Wildman–Crippen MR) is 63.5 cm³/mol. The number of aromatic amines is 1. The summed E-state index contributed by atoms with van der Waals surface area (Å²) in [6.45, 7) is 0.706. The Kier molecular flexibility index (Phi) is 2.16. The van der Waals surface area contributed by atoms with E-state index in [0.29, 0.717) is 11.7 Å². The number of nitrogens with one attached hydrogen (secondary N) is 1. The summed E-state index contributed by atoms with van der Waals surface area (Å²) in [4.78, 5) is 11.4. The van der Waals surface area contributed by atoms with Gasteiger partial charge in [0.15, 0.2) is 0 Å². The lowest BCUT2D eigenvalue weighted by molar-refractivity contribution is 0.633. The monoisotopic (exact) mass is 236 g/mol. The Morgan fingerprint density at radius 2 is 2.25 bits per heavy atom. The Morgan fingerprint density at radius 3 is 2.94 bits per heavy atom. The molecule has 2 aromatic heterocycles. The van der Waals surface area contributed by atoms with Crippen LogP contribution in [0.3, 0.4) is 0 Å². The van der Waals surface area contributed by atoms with Crippen LogP contribution in [-0.2, 0) is 5.41 Å². The van der Waals surface area contributed by atoms with Crippen LogP contribution in [0.15, 0.2) is 12.5 Å². The van der Waals surface area contributed by atoms with Crippen LogP contribution in [0.4, 0.5) is 0 Å². The van der Waals surface area contributed by atoms with Gasteiger partial charge in [0.25, 0.3) is 0 Å². The van der Waals surface area contributed by atoms with Gasteiger partial charge in [-0.05, 0) is 36.8 Å². The zero-order valence-corrected chi connectivity index (χ0v) is 9.59. The number of hydrogen-bond donors (Lipinski definition) is 2. The van der Waals surface area contributed by atoms with Crippen molar-refractivity contribution in [3.8, 4) is 0 Å². The fourth-order valence-electron chi connectivity index (χ4n) is 2.42. The van der Waals surface area contributed by atoms with Crippen molar-refractivity contribution in [2.75, 3.05) is 6.54 Å². The van der Waals surface area contributed by atoms with Crippen LogP contribution in [-0.4, -0.2) is 21.5 Å². The van der Waals surface area contributed by atoms with Gasteiger partial charge in [-0.3, -0.25) is 0 Å². The summed E-state index contributed by atoms with van der Waals surface area (Å²) in [7, 11) is 0. The van der Waals surface area contributed by atoms with Gasteiger partial charge in [-0.2, -0.15) is 0 Å². The van der Waals surface area contributed by atoms with Crippen molar-refractivity contribution < 1.29 is 0 Å². The summed E-state index contributed by atoms with van der Waals surface area (Å²) in [6, 6.07) is 0. The van der Waals surface area contributed by atoms with E-state index in [0.717, 1.165) is 17.5 Å². The molecule has 0 radical (unpaired) electrons. The molecule has 1 fully saturated rings. The molecule has 0 aromatic carbocycles. The summed E-state index contributed by atoms with van der Waals surface area (Å²) < 4.78 is 0. The molecule has 0 aliphatic heterocycles. The molecule has 16 heavy (non-hydrogen) atoms. The number of H-pyrrole nitrogens is 1. The van der Waals surface area contributed by atoms with Crippen LogP contribution in [0.5, 0.6) is 0 Å². The second kappa shape index (κ2) is 3.43. The maximum absolute atomic E-state index is 6.14. The molecule has 5 heteroatoms. The molecular formula is C11H13ClN4. The highest BCUT2D eigenvalue weighted by atomic mass is 35.5. The Balaban J connectivity index is 2.18. The molecule has 0 atom stereocenters.